The van der Waals surface area contributed by atoms with Gasteiger partial charge in [-0.15, -0.1) is 11.3 Å². The second-order valence-corrected chi connectivity index (χ2v) is 5.35. The van der Waals surface area contributed by atoms with Crippen molar-refractivity contribution in [2.75, 3.05) is 0 Å². The first-order valence-corrected chi connectivity index (χ1v) is 5.80. The maximum atomic E-state index is 11.5. The summed E-state index contributed by atoms with van der Waals surface area (Å²) in [6.45, 7) is 4.05. The lowest BCUT2D eigenvalue weighted by Gasteiger charge is -2.09. The molecule has 1 amide bonds. The van der Waals surface area contributed by atoms with Gasteiger partial charge >= 0.3 is 0 Å². The van der Waals surface area contributed by atoms with E-state index in [0.717, 1.165) is 15.1 Å². The van der Waals surface area contributed by atoms with Gasteiger partial charge in [-0.05, 0) is 41.4 Å². The van der Waals surface area contributed by atoms with E-state index in [9.17, 15) is 4.79 Å². The molecule has 4 heteroatoms. The Balaban J connectivity index is 2.58. The van der Waals surface area contributed by atoms with Gasteiger partial charge in [0.05, 0.1) is 8.66 Å². The Morgan fingerprint density at radius 2 is 2.38 bits per heavy atom. The summed E-state index contributed by atoms with van der Waals surface area (Å²) in [4.78, 5) is 12.3. The standard InChI is InChI=1S/C9H12BrNOS/c1-3-6(2)11-9(12)7-4-5-8(10)13-7/h4-6H,3H2,1-2H3,(H,11,12). The smallest absolute Gasteiger partial charge is 0.261 e. The number of nitrogens with one attached hydrogen (secondary N) is 1. The van der Waals surface area contributed by atoms with Gasteiger partial charge in [-0.25, -0.2) is 0 Å². The van der Waals surface area contributed by atoms with Gasteiger partial charge in [0.25, 0.3) is 5.91 Å². The summed E-state index contributed by atoms with van der Waals surface area (Å²) in [5.74, 6) is 0.0186. The molecule has 1 N–H and O–H groups in total. The Morgan fingerprint density at radius 1 is 1.69 bits per heavy atom. The van der Waals surface area contributed by atoms with Crippen LogP contribution in [0.25, 0.3) is 0 Å². The van der Waals surface area contributed by atoms with Crippen LogP contribution in [-0.2, 0) is 0 Å². The van der Waals surface area contributed by atoms with E-state index in [1.807, 2.05) is 19.1 Å². The highest BCUT2D eigenvalue weighted by atomic mass is 79.9. The zero-order valence-corrected chi connectivity index (χ0v) is 10.0. The van der Waals surface area contributed by atoms with Crippen LogP contribution in [0.4, 0.5) is 0 Å². The van der Waals surface area contributed by atoms with Crippen LogP contribution in [0.15, 0.2) is 15.9 Å². The molecule has 1 aromatic heterocycles. The lowest BCUT2D eigenvalue weighted by molar-refractivity contribution is 0.0943. The molecule has 0 aromatic carbocycles. The molecular formula is C9H12BrNOS. The van der Waals surface area contributed by atoms with Gasteiger partial charge in [-0.2, -0.15) is 0 Å². The Bertz CT molecular complexity index is 298. The summed E-state index contributed by atoms with van der Waals surface area (Å²) in [5, 5.41) is 2.91. The molecule has 1 heterocycles. The number of carbonyl (C=O) groups excluding carboxylic acids is 1. The number of amides is 1. The van der Waals surface area contributed by atoms with Gasteiger partial charge in [0.2, 0.25) is 0 Å². The minimum absolute atomic E-state index is 0.0186. The maximum Gasteiger partial charge on any atom is 0.261 e. The first-order valence-electron chi connectivity index (χ1n) is 4.19. The van der Waals surface area contributed by atoms with Gasteiger partial charge in [0.15, 0.2) is 0 Å². The van der Waals surface area contributed by atoms with Crippen LogP contribution in [0.5, 0.6) is 0 Å². The minimum atomic E-state index is 0.0186. The Hall–Kier alpha value is -0.350. The largest absolute Gasteiger partial charge is 0.349 e. The van der Waals surface area contributed by atoms with E-state index in [4.69, 9.17) is 0 Å². The molecule has 0 radical (unpaired) electrons. The third-order valence-electron chi connectivity index (χ3n) is 1.79. The van der Waals surface area contributed by atoms with Crippen molar-refractivity contribution in [3.63, 3.8) is 0 Å². The minimum Gasteiger partial charge on any atom is -0.349 e. The number of hydrogen-bond donors (Lipinski definition) is 1. The molecule has 0 saturated carbocycles. The van der Waals surface area contributed by atoms with Crippen molar-refractivity contribution in [3.8, 4) is 0 Å². The summed E-state index contributed by atoms with van der Waals surface area (Å²) < 4.78 is 0.988. The van der Waals surface area contributed by atoms with E-state index in [1.165, 1.54) is 11.3 Å². The van der Waals surface area contributed by atoms with Crippen molar-refractivity contribution in [3.05, 3.63) is 20.8 Å². The van der Waals surface area contributed by atoms with Crippen molar-refractivity contribution in [1.82, 2.24) is 5.32 Å². The van der Waals surface area contributed by atoms with E-state index in [0.29, 0.717) is 0 Å². The molecule has 0 aliphatic heterocycles. The fourth-order valence-electron chi connectivity index (χ4n) is 0.833. The maximum absolute atomic E-state index is 11.5. The predicted molar refractivity (Wildman–Crippen MR) is 59.2 cm³/mol. The lowest BCUT2D eigenvalue weighted by atomic mass is 10.2. The van der Waals surface area contributed by atoms with Crippen molar-refractivity contribution in [2.24, 2.45) is 0 Å². The molecule has 1 rings (SSSR count). The van der Waals surface area contributed by atoms with Crippen LogP contribution >= 0.6 is 27.3 Å². The van der Waals surface area contributed by atoms with Crippen LogP contribution in [0.1, 0.15) is 29.9 Å². The number of carbonyl (C=O) groups is 1. The average Bonchev–Trinajstić information content (AvgIpc) is 2.51. The average molecular weight is 262 g/mol. The molecule has 0 bridgehead atoms. The van der Waals surface area contributed by atoms with Crippen molar-refractivity contribution in [2.45, 2.75) is 26.3 Å². The van der Waals surface area contributed by atoms with E-state index in [2.05, 4.69) is 28.2 Å². The number of rotatable bonds is 3. The zero-order chi connectivity index (χ0) is 9.84. The molecule has 0 saturated heterocycles. The third kappa shape index (κ3) is 3.12. The molecule has 0 aliphatic rings. The molecular weight excluding hydrogens is 250 g/mol. The molecule has 0 aliphatic carbocycles. The first kappa shape index (κ1) is 10.7. The van der Waals surface area contributed by atoms with Crippen LogP contribution in [0.2, 0.25) is 0 Å². The summed E-state index contributed by atoms with van der Waals surface area (Å²) in [6, 6.07) is 3.95. The fourth-order valence-corrected chi connectivity index (χ4v) is 2.12. The van der Waals surface area contributed by atoms with Gasteiger partial charge in [-0.1, -0.05) is 6.92 Å². The van der Waals surface area contributed by atoms with Crippen molar-refractivity contribution >= 4 is 33.2 Å². The van der Waals surface area contributed by atoms with Crippen LogP contribution < -0.4 is 5.32 Å². The van der Waals surface area contributed by atoms with Crippen LogP contribution in [0.3, 0.4) is 0 Å². The van der Waals surface area contributed by atoms with E-state index in [-0.39, 0.29) is 11.9 Å². The highest BCUT2D eigenvalue weighted by Crippen LogP contribution is 2.21. The normalized spacial score (nSPS) is 12.5. The highest BCUT2D eigenvalue weighted by Gasteiger charge is 2.09. The van der Waals surface area contributed by atoms with Crippen LogP contribution in [0, 0.1) is 0 Å². The summed E-state index contributed by atoms with van der Waals surface area (Å²) >= 11 is 4.78. The number of hydrogen-bond acceptors (Lipinski definition) is 2. The Morgan fingerprint density at radius 3 is 2.85 bits per heavy atom. The highest BCUT2D eigenvalue weighted by molar-refractivity contribution is 9.11. The molecule has 1 aromatic rings. The summed E-state index contributed by atoms with van der Waals surface area (Å²) in [6.07, 6.45) is 0.957. The summed E-state index contributed by atoms with van der Waals surface area (Å²) in [7, 11) is 0. The first-order chi connectivity index (χ1) is 6.13. The van der Waals surface area contributed by atoms with E-state index < -0.39 is 0 Å². The third-order valence-corrected chi connectivity index (χ3v) is 3.41. The summed E-state index contributed by atoms with van der Waals surface area (Å²) in [5.41, 5.74) is 0. The molecule has 72 valence electrons. The molecule has 0 spiro atoms. The predicted octanol–water partition coefficient (Wildman–Crippen LogP) is 3.04. The Labute approximate surface area is 90.5 Å². The SMILES string of the molecule is CCC(C)NC(=O)c1ccc(Br)s1. The molecule has 13 heavy (non-hydrogen) atoms. The topological polar surface area (TPSA) is 29.1 Å². The van der Waals surface area contributed by atoms with Gasteiger partial charge in [-0.3, -0.25) is 4.79 Å². The van der Waals surface area contributed by atoms with E-state index >= 15 is 0 Å². The Kier molecular flexibility index (Phi) is 3.93. The molecule has 2 nitrogen and oxygen atoms in total. The molecule has 1 unspecified atom stereocenters. The molecule has 0 fully saturated rings. The monoisotopic (exact) mass is 261 g/mol. The number of thiophene rings is 1. The van der Waals surface area contributed by atoms with Crippen molar-refractivity contribution in [1.29, 1.82) is 0 Å². The lowest BCUT2D eigenvalue weighted by Crippen LogP contribution is -2.31. The van der Waals surface area contributed by atoms with Gasteiger partial charge < -0.3 is 5.32 Å². The van der Waals surface area contributed by atoms with Gasteiger partial charge in [0, 0.05) is 6.04 Å². The fraction of sp³-hybridized carbons (Fsp3) is 0.444. The van der Waals surface area contributed by atoms with Crippen LogP contribution in [-0.4, -0.2) is 11.9 Å². The van der Waals surface area contributed by atoms with Gasteiger partial charge in [0.1, 0.15) is 0 Å². The van der Waals surface area contributed by atoms with Crippen molar-refractivity contribution < 1.29 is 4.79 Å². The second kappa shape index (κ2) is 4.77. The zero-order valence-electron chi connectivity index (χ0n) is 7.63. The quantitative estimate of drug-likeness (QED) is 0.891. The molecule has 1 atom stereocenters. The second-order valence-electron chi connectivity index (χ2n) is 2.89. The number of halogens is 1. The van der Waals surface area contributed by atoms with E-state index in [1.54, 1.807) is 0 Å².